The third kappa shape index (κ3) is 3.67. The van der Waals surface area contributed by atoms with Gasteiger partial charge in [0.05, 0.1) is 13.2 Å². The Morgan fingerprint density at radius 3 is 3.04 bits per heavy atom. The summed E-state index contributed by atoms with van der Waals surface area (Å²) >= 11 is 0. The highest BCUT2D eigenvalue weighted by atomic mass is 16.5. The molecule has 0 radical (unpaired) electrons. The Hall–Kier alpha value is -1.98. The van der Waals surface area contributed by atoms with Crippen LogP contribution in [0.1, 0.15) is 47.9 Å². The molecule has 25 heavy (non-hydrogen) atoms. The molecule has 1 saturated heterocycles. The second-order valence-electron chi connectivity index (χ2n) is 6.98. The summed E-state index contributed by atoms with van der Waals surface area (Å²) in [6, 6.07) is 8.60. The molecule has 5 heteroatoms. The van der Waals surface area contributed by atoms with E-state index < -0.39 is 0 Å². The predicted octanol–water partition coefficient (Wildman–Crippen LogP) is 2.86. The van der Waals surface area contributed by atoms with E-state index in [2.05, 4.69) is 27.3 Å². The van der Waals surface area contributed by atoms with Crippen molar-refractivity contribution in [3.8, 4) is 5.75 Å². The fourth-order valence-electron chi connectivity index (χ4n) is 3.84. The second kappa shape index (κ2) is 7.50. The molecule has 1 fully saturated rings. The number of nitrogens with zero attached hydrogens (tertiary/aromatic N) is 3. The van der Waals surface area contributed by atoms with Gasteiger partial charge in [-0.2, -0.15) is 0 Å². The van der Waals surface area contributed by atoms with Gasteiger partial charge in [-0.1, -0.05) is 24.6 Å². The summed E-state index contributed by atoms with van der Waals surface area (Å²) in [5, 5.41) is 3.55. The van der Waals surface area contributed by atoms with Crippen LogP contribution in [-0.2, 0) is 19.5 Å². The van der Waals surface area contributed by atoms with E-state index in [1.165, 1.54) is 29.7 Å². The minimum Gasteiger partial charge on any atom is -0.496 e. The molecule has 1 atom stereocenters. The number of hydrogen-bond acceptors (Lipinski definition) is 5. The molecule has 2 aliphatic rings. The maximum absolute atomic E-state index is 5.48. The number of piperidine rings is 1. The summed E-state index contributed by atoms with van der Waals surface area (Å²) in [4.78, 5) is 12.0. The monoisotopic (exact) mass is 338 g/mol. The van der Waals surface area contributed by atoms with Gasteiger partial charge in [-0.05, 0) is 25.5 Å². The molecule has 1 N–H and O–H groups in total. The van der Waals surface area contributed by atoms with Crippen LogP contribution in [0.25, 0.3) is 0 Å². The number of rotatable bonds is 4. The SMILES string of the molecule is COc1ccccc1CN1CCc2nc(C3CCCCN3)ncc2C1. The normalized spacial score (nSPS) is 20.9. The van der Waals surface area contributed by atoms with Crippen LogP contribution in [0.15, 0.2) is 30.5 Å². The largest absolute Gasteiger partial charge is 0.496 e. The third-order valence-corrected chi connectivity index (χ3v) is 5.24. The van der Waals surface area contributed by atoms with Gasteiger partial charge in [-0.25, -0.2) is 9.97 Å². The summed E-state index contributed by atoms with van der Waals surface area (Å²) in [7, 11) is 1.74. The number of aromatic nitrogens is 2. The first-order valence-corrected chi connectivity index (χ1v) is 9.26. The summed E-state index contributed by atoms with van der Waals surface area (Å²) in [6.07, 6.45) is 6.72. The highest BCUT2D eigenvalue weighted by Gasteiger charge is 2.22. The first-order chi connectivity index (χ1) is 12.3. The van der Waals surface area contributed by atoms with Gasteiger partial charge in [0.1, 0.15) is 11.6 Å². The summed E-state index contributed by atoms with van der Waals surface area (Å²) in [5.74, 6) is 1.94. The summed E-state index contributed by atoms with van der Waals surface area (Å²) < 4.78 is 5.48. The molecule has 1 aromatic heterocycles. The number of nitrogens with one attached hydrogen (secondary N) is 1. The van der Waals surface area contributed by atoms with E-state index in [0.717, 1.165) is 50.6 Å². The molecule has 2 aliphatic heterocycles. The zero-order valence-electron chi connectivity index (χ0n) is 14.9. The number of benzene rings is 1. The maximum atomic E-state index is 5.48. The van der Waals surface area contributed by atoms with Crippen molar-refractivity contribution in [3.05, 3.63) is 53.1 Å². The average Bonchev–Trinajstić information content (AvgIpc) is 2.68. The molecule has 3 heterocycles. The van der Waals surface area contributed by atoms with Gasteiger partial charge in [-0.15, -0.1) is 0 Å². The molecule has 0 aliphatic carbocycles. The molecule has 0 saturated carbocycles. The lowest BCUT2D eigenvalue weighted by atomic mass is 10.0. The second-order valence-corrected chi connectivity index (χ2v) is 6.98. The fourth-order valence-corrected chi connectivity index (χ4v) is 3.84. The molecule has 4 rings (SSSR count). The Balaban J connectivity index is 1.46. The van der Waals surface area contributed by atoms with Crippen LogP contribution in [-0.4, -0.2) is 35.1 Å². The highest BCUT2D eigenvalue weighted by Crippen LogP contribution is 2.25. The standard InChI is InChI=1S/C20H26N4O/c1-25-19-8-3-2-6-15(19)13-24-11-9-17-16(14-24)12-22-20(23-17)18-7-4-5-10-21-18/h2-3,6,8,12,18,21H,4-5,7,9-11,13-14H2,1H3. The van der Waals surface area contributed by atoms with Crippen molar-refractivity contribution in [2.24, 2.45) is 0 Å². The van der Waals surface area contributed by atoms with Crippen LogP contribution in [0.4, 0.5) is 0 Å². The van der Waals surface area contributed by atoms with E-state index in [1.54, 1.807) is 7.11 Å². The number of methoxy groups -OCH3 is 1. The molecule has 2 aromatic rings. The first kappa shape index (κ1) is 16.5. The van der Waals surface area contributed by atoms with Crippen molar-refractivity contribution in [2.45, 2.75) is 44.8 Å². The average molecular weight is 338 g/mol. The number of fused-ring (bicyclic) bond motifs is 1. The van der Waals surface area contributed by atoms with E-state index in [-0.39, 0.29) is 0 Å². The molecule has 1 aromatic carbocycles. The first-order valence-electron chi connectivity index (χ1n) is 9.26. The van der Waals surface area contributed by atoms with Gasteiger partial charge in [0, 0.05) is 49.1 Å². The molecule has 5 nitrogen and oxygen atoms in total. The van der Waals surface area contributed by atoms with Gasteiger partial charge >= 0.3 is 0 Å². The van der Waals surface area contributed by atoms with Crippen LogP contribution in [0.3, 0.4) is 0 Å². The van der Waals surface area contributed by atoms with Crippen molar-refractivity contribution >= 4 is 0 Å². The van der Waals surface area contributed by atoms with Crippen LogP contribution < -0.4 is 10.1 Å². The number of ether oxygens (including phenoxy) is 1. The Labute approximate surface area is 149 Å². The zero-order chi connectivity index (χ0) is 17.1. The fraction of sp³-hybridized carbons (Fsp3) is 0.500. The van der Waals surface area contributed by atoms with Gasteiger partial charge in [0.25, 0.3) is 0 Å². The van der Waals surface area contributed by atoms with Crippen molar-refractivity contribution in [3.63, 3.8) is 0 Å². The molecule has 132 valence electrons. The lowest BCUT2D eigenvalue weighted by Crippen LogP contribution is -2.33. The van der Waals surface area contributed by atoms with Gasteiger partial charge in [0.15, 0.2) is 0 Å². The van der Waals surface area contributed by atoms with Crippen LogP contribution >= 0.6 is 0 Å². The lowest BCUT2D eigenvalue weighted by molar-refractivity contribution is 0.238. The summed E-state index contributed by atoms with van der Waals surface area (Å²) in [6.45, 7) is 3.92. The summed E-state index contributed by atoms with van der Waals surface area (Å²) in [5.41, 5.74) is 3.73. The maximum Gasteiger partial charge on any atom is 0.145 e. The minimum atomic E-state index is 0.339. The predicted molar refractivity (Wildman–Crippen MR) is 97.4 cm³/mol. The number of hydrogen-bond donors (Lipinski definition) is 1. The van der Waals surface area contributed by atoms with E-state index in [1.807, 2.05) is 18.3 Å². The van der Waals surface area contributed by atoms with Crippen molar-refractivity contribution in [2.75, 3.05) is 20.2 Å². The van der Waals surface area contributed by atoms with Gasteiger partial charge in [-0.3, -0.25) is 4.90 Å². The molecule has 1 unspecified atom stereocenters. The molecular formula is C20H26N4O. The minimum absolute atomic E-state index is 0.339. The Morgan fingerprint density at radius 2 is 2.20 bits per heavy atom. The Bertz CT molecular complexity index is 727. The van der Waals surface area contributed by atoms with E-state index >= 15 is 0 Å². The Kier molecular flexibility index (Phi) is 4.95. The molecular weight excluding hydrogens is 312 g/mol. The van der Waals surface area contributed by atoms with Gasteiger partial charge in [0.2, 0.25) is 0 Å². The smallest absolute Gasteiger partial charge is 0.145 e. The van der Waals surface area contributed by atoms with Crippen LogP contribution in [0, 0.1) is 0 Å². The van der Waals surface area contributed by atoms with E-state index in [0.29, 0.717) is 6.04 Å². The Morgan fingerprint density at radius 1 is 1.28 bits per heavy atom. The molecule has 0 amide bonds. The van der Waals surface area contributed by atoms with E-state index in [4.69, 9.17) is 9.72 Å². The quantitative estimate of drug-likeness (QED) is 0.929. The third-order valence-electron chi connectivity index (χ3n) is 5.24. The topological polar surface area (TPSA) is 50.3 Å². The highest BCUT2D eigenvalue weighted by molar-refractivity contribution is 5.33. The van der Waals surface area contributed by atoms with Crippen LogP contribution in [0.2, 0.25) is 0 Å². The zero-order valence-corrected chi connectivity index (χ0v) is 14.9. The van der Waals surface area contributed by atoms with Crippen molar-refractivity contribution < 1.29 is 4.74 Å². The lowest BCUT2D eigenvalue weighted by Gasteiger charge is -2.29. The molecule has 0 spiro atoms. The van der Waals surface area contributed by atoms with E-state index in [9.17, 15) is 0 Å². The molecule has 0 bridgehead atoms. The van der Waals surface area contributed by atoms with Gasteiger partial charge < -0.3 is 10.1 Å². The van der Waals surface area contributed by atoms with Crippen LogP contribution in [0.5, 0.6) is 5.75 Å². The van der Waals surface area contributed by atoms with Crippen molar-refractivity contribution in [1.29, 1.82) is 0 Å². The van der Waals surface area contributed by atoms with Crippen molar-refractivity contribution in [1.82, 2.24) is 20.2 Å². The number of para-hydroxylation sites is 1.